The molecule has 0 aliphatic heterocycles. The second-order valence-corrected chi connectivity index (χ2v) is 4.96. The standard InChI is InChI=1S/C15H20N4/c1-18-15-8-12(14(17)7-11(15)9-16)10-19-13-5-3-2-4-6-13/h7-8,10,13,18H,2-6,17H2,1H3. The minimum Gasteiger partial charge on any atom is -0.398 e. The number of nitrogens with one attached hydrogen (secondary N) is 1. The number of nitrogen functional groups attached to an aromatic ring is 1. The molecule has 2 rings (SSSR count). The zero-order valence-corrected chi connectivity index (χ0v) is 11.3. The van der Waals surface area contributed by atoms with E-state index in [1.807, 2.05) is 12.3 Å². The summed E-state index contributed by atoms with van der Waals surface area (Å²) in [5, 5.41) is 12.0. The van der Waals surface area contributed by atoms with Crippen LogP contribution in [0, 0.1) is 11.3 Å². The average molecular weight is 256 g/mol. The van der Waals surface area contributed by atoms with Crippen LogP contribution >= 0.6 is 0 Å². The van der Waals surface area contributed by atoms with Gasteiger partial charge in [-0.2, -0.15) is 5.26 Å². The Labute approximate surface area is 114 Å². The first-order valence-electron chi connectivity index (χ1n) is 6.79. The van der Waals surface area contributed by atoms with Crippen molar-refractivity contribution >= 4 is 17.6 Å². The fraction of sp³-hybridized carbons (Fsp3) is 0.467. The smallest absolute Gasteiger partial charge is 0.101 e. The highest BCUT2D eigenvalue weighted by molar-refractivity contribution is 5.90. The largest absolute Gasteiger partial charge is 0.398 e. The maximum atomic E-state index is 9.02. The molecule has 0 atom stereocenters. The topological polar surface area (TPSA) is 74.2 Å². The van der Waals surface area contributed by atoms with E-state index in [1.54, 1.807) is 13.1 Å². The third kappa shape index (κ3) is 3.25. The van der Waals surface area contributed by atoms with Crippen LogP contribution in [0.1, 0.15) is 43.2 Å². The van der Waals surface area contributed by atoms with Crippen LogP contribution in [0.4, 0.5) is 11.4 Å². The van der Waals surface area contributed by atoms with Crippen molar-refractivity contribution in [1.82, 2.24) is 0 Å². The SMILES string of the molecule is CNc1cc(C=NC2CCCCC2)c(N)cc1C#N. The summed E-state index contributed by atoms with van der Waals surface area (Å²) in [6.45, 7) is 0. The van der Waals surface area contributed by atoms with Crippen LogP contribution in [0.5, 0.6) is 0 Å². The first-order valence-corrected chi connectivity index (χ1v) is 6.79. The van der Waals surface area contributed by atoms with Crippen molar-refractivity contribution in [3.63, 3.8) is 0 Å². The molecule has 0 saturated heterocycles. The summed E-state index contributed by atoms with van der Waals surface area (Å²) < 4.78 is 0. The number of nitrogens with zero attached hydrogens (tertiary/aromatic N) is 2. The maximum Gasteiger partial charge on any atom is 0.101 e. The van der Waals surface area contributed by atoms with Crippen molar-refractivity contribution in [3.8, 4) is 6.07 Å². The Morgan fingerprint density at radius 1 is 1.37 bits per heavy atom. The summed E-state index contributed by atoms with van der Waals surface area (Å²) in [6.07, 6.45) is 8.07. The lowest BCUT2D eigenvalue weighted by Gasteiger charge is -2.17. The Morgan fingerprint density at radius 3 is 2.74 bits per heavy atom. The molecule has 1 aromatic carbocycles. The van der Waals surface area contributed by atoms with Crippen molar-refractivity contribution in [1.29, 1.82) is 5.26 Å². The van der Waals surface area contributed by atoms with Crippen LogP contribution in [-0.2, 0) is 0 Å². The first-order chi connectivity index (χ1) is 9.24. The van der Waals surface area contributed by atoms with Gasteiger partial charge in [-0.1, -0.05) is 19.3 Å². The molecule has 1 fully saturated rings. The van der Waals surface area contributed by atoms with Crippen LogP contribution in [-0.4, -0.2) is 19.3 Å². The van der Waals surface area contributed by atoms with Gasteiger partial charge in [0.15, 0.2) is 0 Å². The van der Waals surface area contributed by atoms with Crippen molar-refractivity contribution in [2.24, 2.45) is 4.99 Å². The van der Waals surface area contributed by atoms with Crippen LogP contribution < -0.4 is 11.1 Å². The number of nitriles is 1. The molecule has 0 heterocycles. The second kappa shape index (κ2) is 6.24. The maximum absolute atomic E-state index is 9.02. The predicted octanol–water partition coefficient (Wildman–Crippen LogP) is 2.93. The molecule has 1 aliphatic rings. The van der Waals surface area contributed by atoms with E-state index in [1.165, 1.54) is 32.1 Å². The fourth-order valence-corrected chi connectivity index (χ4v) is 2.46. The number of rotatable bonds is 3. The molecule has 100 valence electrons. The molecule has 4 heteroatoms. The predicted molar refractivity (Wildman–Crippen MR) is 79.6 cm³/mol. The summed E-state index contributed by atoms with van der Waals surface area (Å²) in [5.74, 6) is 0. The van der Waals surface area contributed by atoms with Gasteiger partial charge >= 0.3 is 0 Å². The highest BCUT2D eigenvalue weighted by Gasteiger charge is 2.11. The minimum absolute atomic E-state index is 0.432. The fourth-order valence-electron chi connectivity index (χ4n) is 2.46. The van der Waals surface area contributed by atoms with Crippen LogP contribution in [0.3, 0.4) is 0 Å². The van der Waals surface area contributed by atoms with Crippen LogP contribution in [0.2, 0.25) is 0 Å². The van der Waals surface area contributed by atoms with E-state index in [4.69, 9.17) is 11.0 Å². The number of benzene rings is 1. The highest BCUT2D eigenvalue weighted by atomic mass is 14.8. The van der Waals surface area contributed by atoms with Gasteiger partial charge in [-0.3, -0.25) is 4.99 Å². The van der Waals surface area contributed by atoms with Crippen molar-refractivity contribution in [2.45, 2.75) is 38.1 Å². The van der Waals surface area contributed by atoms with Crippen molar-refractivity contribution in [3.05, 3.63) is 23.3 Å². The van der Waals surface area contributed by atoms with Gasteiger partial charge in [0.25, 0.3) is 0 Å². The Bertz CT molecular complexity index is 508. The lowest BCUT2D eigenvalue weighted by molar-refractivity contribution is 0.444. The van der Waals surface area contributed by atoms with Gasteiger partial charge in [-0.25, -0.2) is 0 Å². The monoisotopic (exact) mass is 256 g/mol. The summed E-state index contributed by atoms with van der Waals surface area (Å²) in [6, 6.07) is 6.16. The lowest BCUT2D eigenvalue weighted by Crippen LogP contribution is -2.10. The molecule has 0 amide bonds. The molecule has 19 heavy (non-hydrogen) atoms. The Hall–Kier alpha value is -2.02. The Kier molecular flexibility index (Phi) is 4.40. The van der Waals surface area contributed by atoms with Gasteiger partial charge in [0.1, 0.15) is 6.07 Å². The molecule has 0 bridgehead atoms. The van der Waals surface area contributed by atoms with Gasteiger partial charge in [-0.15, -0.1) is 0 Å². The van der Waals surface area contributed by atoms with Gasteiger partial charge in [-0.05, 0) is 25.0 Å². The van der Waals surface area contributed by atoms with E-state index in [0.717, 1.165) is 11.3 Å². The third-order valence-corrected chi connectivity index (χ3v) is 3.61. The van der Waals surface area contributed by atoms with E-state index in [-0.39, 0.29) is 0 Å². The molecule has 3 N–H and O–H groups in total. The average Bonchev–Trinajstić information content (AvgIpc) is 2.46. The van der Waals surface area contributed by atoms with E-state index >= 15 is 0 Å². The number of aliphatic imine (C=N–C) groups is 1. The van der Waals surface area contributed by atoms with E-state index in [9.17, 15) is 0 Å². The minimum atomic E-state index is 0.432. The number of anilines is 2. The Morgan fingerprint density at radius 2 is 2.11 bits per heavy atom. The van der Waals surface area contributed by atoms with Crippen molar-refractivity contribution < 1.29 is 0 Å². The van der Waals surface area contributed by atoms with Crippen molar-refractivity contribution in [2.75, 3.05) is 18.1 Å². The molecule has 0 unspecified atom stereocenters. The molecular weight excluding hydrogens is 236 g/mol. The zero-order valence-electron chi connectivity index (χ0n) is 11.3. The summed E-state index contributed by atoms with van der Waals surface area (Å²) in [4.78, 5) is 4.63. The summed E-state index contributed by atoms with van der Waals surface area (Å²) in [7, 11) is 1.80. The van der Waals surface area contributed by atoms with Gasteiger partial charge < -0.3 is 11.1 Å². The number of hydrogen-bond acceptors (Lipinski definition) is 4. The van der Waals surface area contributed by atoms with Gasteiger partial charge in [0, 0.05) is 30.6 Å². The highest BCUT2D eigenvalue weighted by Crippen LogP contribution is 2.23. The third-order valence-electron chi connectivity index (χ3n) is 3.61. The quantitative estimate of drug-likeness (QED) is 0.645. The molecule has 1 aromatic rings. The first kappa shape index (κ1) is 13.4. The number of nitrogens with two attached hydrogens (primary N) is 1. The van der Waals surface area contributed by atoms with Crippen LogP contribution in [0.15, 0.2) is 17.1 Å². The van der Waals surface area contributed by atoms with Gasteiger partial charge in [0.05, 0.1) is 11.3 Å². The second-order valence-electron chi connectivity index (χ2n) is 4.96. The molecular formula is C15H20N4. The molecule has 4 nitrogen and oxygen atoms in total. The van der Waals surface area contributed by atoms with Crippen LogP contribution in [0.25, 0.3) is 0 Å². The zero-order chi connectivity index (χ0) is 13.7. The lowest BCUT2D eigenvalue weighted by atomic mass is 9.96. The van der Waals surface area contributed by atoms with E-state index < -0.39 is 0 Å². The molecule has 1 saturated carbocycles. The number of hydrogen-bond donors (Lipinski definition) is 2. The summed E-state index contributed by atoms with van der Waals surface area (Å²) in [5.41, 5.74) is 8.81. The molecule has 0 spiro atoms. The Balaban J connectivity index is 2.20. The van der Waals surface area contributed by atoms with E-state index in [2.05, 4.69) is 16.4 Å². The molecule has 0 aromatic heterocycles. The molecule has 1 aliphatic carbocycles. The normalized spacial score (nSPS) is 16.4. The summed E-state index contributed by atoms with van der Waals surface area (Å²) >= 11 is 0. The van der Waals surface area contributed by atoms with Gasteiger partial charge in [0.2, 0.25) is 0 Å². The van der Waals surface area contributed by atoms with E-state index in [0.29, 0.717) is 17.3 Å². The molecule has 0 radical (unpaired) electrons.